The summed E-state index contributed by atoms with van der Waals surface area (Å²) < 4.78 is 30.5. The van der Waals surface area contributed by atoms with E-state index in [1.807, 2.05) is 0 Å². The molecule has 0 aromatic carbocycles. The quantitative estimate of drug-likeness (QED) is 0.327. The minimum atomic E-state index is -4.10. The first-order valence-electron chi connectivity index (χ1n) is 13.5. The highest BCUT2D eigenvalue weighted by Crippen LogP contribution is 2.68. The Morgan fingerprint density at radius 1 is 1.06 bits per heavy atom. The Hall–Kier alpha value is -0.740. The molecule has 35 heavy (non-hydrogen) atoms. The predicted molar refractivity (Wildman–Crippen MR) is 132 cm³/mol. The Morgan fingerprint density at radius 3 is 2.46 bits per heavy atom. The maximum atomic E-state index is 12.2. The number of amides is 1. The second kappa shape index (κ2) is 9.86. The van der Waals surface area contributed by atoms with Gasteiger partial charge in [0, 0.05) is 13.0 Å². The van der Waals surface area contributed by atoms with Gasteiger partial charge in [0.1, 0.15) is 0 Å². The van der Waals surface area contributed by atoms with E-state index in [1.165, 1.54) is 0 Å². The van der Waals surface area contributed by atoms with Crippen LogP contribution in [0, 0.1) is 46.3 Å². The van der Waals surface area contributed by atoms with Gasteiger partial charge < -0.3 is 20.6 Å². The van der Waals surface area contributed by atoms with Crippen LogP contribution in [0.3, 0.4) is 0 Å². The molecule has 4 fully saturated rings. The first kappa shape index (κ1) is 27.3. The maximum absolute atomic E-state index is 12.2. The highest BCUT2D eigenvalue weighted by molar-refractivity contribution is 7.85. The molecule has 0 aromatic heterocycles. The van der Waals surface area contributed by atoms with Crippen molar-refractivity contribution in [2.24, 2.45) is 46.3 Å². The number of aliphatic hydroxyl groups excluding tert-OH is 3. The van der Waals surface area contributed by atoms with Crippen molar-refractivity contribution < 1.29 is 33.1 Å². The van der Waals surface area contributed by atoms with Crippen LogP contribution in [0.4, 0.5) is 0 Å². The number of hydrogen-bond acceptors (Lipinski definition) is 6. The number of carbonyl (C=O) groups is 1. The van der Waals surface area contributed by atoms with Gasteiger partial charge >= 0.3 is 0 Å². The van der Waals surface area contributed by atoms with Crippen LogP contribution in [-0.4, -0.2) is 64.8 Å². The molecule has 0 aromatic rings. The van der Waals surface area contributed by atoms with Gasteiger partial charge in [0.2, 0.25) is 5.91 Å². The van der Waals surface area contributed by atoms with E-state index in [4.69, 9.17) is 4.55 Å². The average Bonchev–Trinajstić information content (AvgIpc) is 3.12. The summed E-state index contributed by atoms with van der Waals surface area (Å²) >= 11 is 0. The molecule has 0 bridgehead atoms. The molecule has 202 valence electrons. The van der Waals surface area contributed by atoms with Gasteiger partial charge in [-0.1, -0.05) is 20.8 Å². The molecule has 0 aliphatic heterocycles. The van der Waals surface area contributed by atoms with Crippen molar-refractivity contribution in [3.8, 4) is 0 Å². The van der Waals surface area contributed by atoms with Crippen molar-refractivity contribution in [1.29, 1.82) is 0 Å². The molecule has 5 N–H and O–H groups in total. The van der Waals surface area contributed by atoms with Crippen molar-refractivity contribution in [2.75, 3.05) is 12.3 Å². The summed E-state index contributed by atoms with van der Waals surface area (Å²) in [5.41, 5.74) is -0.254. The number of fused-ring (bicyclic) bond motifs is 5. The van der Waals surface area contributed by atoms with Crippen molar-refractivity contribution in [3.05, 3.63) is 0 Å². The van der Waals surface area contributed by atoms with E-state index in [1.54, 1.807) is 0 Å². The normalized spacial score (nSPS) is 46.3. The summed E-state index contributed by atoms with van der Waals surface area (Å²) in [5, 5.41) is 35.8. The van der Waals surface area contributed by atoms with Gasteiger partial charge in [-0.15, -0.1) is 0 Å². The number of carbonyl (C=O) groups excluding carboxylic acids is 1. The molecule has 0 spiro atoms. The zero-order valence-electron chi connectivity index (χ0n) is 21.4. The molecule has 8 nitrogen and oxygen atoms in total. The van der Waals surface area contributed by atoms with Gasteiger partial charge in [0.05, 0.1) is 24.1 Å². The molecule has 9 heteroatoms. The minimum absolute atomic E-state index is 0.0509. The first-order chi connectivity index (χ1) is 16.3. The molecule has 0 unspecified atom stereocenters. The molecule has 4 saturated carbocycles. The van der Waals surface area contributed by atoms with Gasteiger partial charge in [-0.3, -0.25) is 9.35 Å². The third-order valence-electron chi connectivity index (χ3n) is 11.0. The Balaban J connectivity index is 1.43. The van der Waals surface area contributed by atoms with Crippen LogP contribution in [0.25, 0.3) is 0 Å². The van der Waals surface area contributed by atoms with Crippen LogP contribution in [-0.2, 0) is 14.9 Å². The van der Waals surface area contributed by atoms with Gasteiger partial charge in [-0.2, -0.15) is 8.42 Å². The van der Waals surface area contributed by atoms with E-state index in [0.29, 0.717) is 18.8 Å². The van der Waals surface area contributed by atoms with Crippen LogP contribution in [0.1, 0.15) is 78.6 Å². The lowest BCUT2D eigenvalue weighted by Crippen LogP contribution is -2.62. The van der Waals surface area contributed by atoms with E-state index in [0.717, 1.165) is 38.5 Å². The summed E-state index contributed by atoms with van der Waals surface area (Å²) in [4.78, 5) is 12.2. The second-order valence-electron chi connectivity index (χ2n) is 12.7. The Labute approximate surface area is 210 Å². The number of rotatable bonds is 7. The van der Waals surface area contributed by atoms with E-state index in [9.17, 15) is 28.5 Å². The molecule has 1 amide bonds. The van der Waals surface area contributed by atoms with Crippen LogP contribution in [0.5, 0.6) is 0 Å². The van der Waals surface area contributed by atoms with E-state index < -0.39 is 28.1 Å². The molecule has 0 saturated heterocycles. The van der Waals surface area contributed by atoms with Crippen LogP contribution in [0.2, 0.25) is 0 Å². The third-order valence-corrected chi connectivity index (χ3v) is 11.7. The topological polar surface area (TPSA) is 144 Å². The lowest BCUT2D eigenvalue weighted by Gasteiger charge is -2.63. The summed E-state index contributed by atoms with van der Waals surface area (Å²) in [6, 6.07) is 0. The van der Waals surface area contributed by atoms with Gasteiger partial charge in [-0.25, -0.2) is 0 Å². The van der Waals surface area contributed by atoms with E-state index in [2.05, 4.69) is 26.1 Å². The Kier molecular flexibility index (Phi) is 7.69. The average molecular weight is 516 g/mol. The largest absolute Gasteiger partial charge is 0.393 e. The summed E-state index contributed by atoms with van der Waals surface area (Å²) in [7, 11) is -4.10. The van der Waals surface area contributed by atoms with Crippen molar-refractivity contribution in [3.63, 3.8) is 0 Å². The Morgan fingerprint density at radius 2 is 1.77 bits per heavy atom. The molecule has 0 heterocycles. The number of aliphatic hydroxyl groups is 3. The van der Waals surface area contributed by atoms with Gasteiger partial charge in [-0.05, 0) is 97.7 Å². The standard InChI is InChI=1S/C26H45NO7S/c1-15(4-7-23(31)27-10-11-35(32,33)34)18-5-6-19-24-20(14-22(30)26(18,19)3)25(2)9-8-17(28)12-16(25)13-21(24)29/h15-22,24,28-30H,4-14H2,1-3H3,(H,27,31)(H,32,33,34)/t15-,16+,17-,18-,19+,20+,21+,22+,24+,25+,26-/m1/s1. The molecular weight excluding hydrogens is 470 g/mol. The molecule has 4 rings (SSSR count). The SMILES string of the molecule is C[C@H](CCC(=O)NCCS(=O)(=O)O)[C@H]1CC[C@H]2[C@@H]3[C@@H](O)C[C@@H]4C[C@H](O)CC[C@]4(C)[C@H]3C[C@H](O)[C@]12C. The lowest BCUT2D eigenvalue weighted by atomic mass is 9.43. The fourth-order valence-electron chi connectivity index (χ4n) is 9.10. The summed E-state index contributed by atoms with van der Waals surface area (Å²) in [6.07, 6.45) is 5.67. The summed E-state index contributed by atoms with van der Waals surface area (Å²) in [5.74, 6) is 0.705. The maximum Gasteiger partial charge on any atom is 0.266 e. The monoisotopic (exact) mass is 515 g/mol. The van der Waals surface area contributed by atoms with Crippen molar-refractivity contribution in [2.45, 2.75) is 96.9 Å². The molecule has 4 aliphatic rings. The molecule has 11 atom stereocenters. The van der Waals surface area contributed by atoms with Gasteiger partial charge in [0.25, 0.3) is 10.1 Å². The molecule has 4 aliphatic carbocycles. The van der Waals surface area contributed by atoms with Crippen LogP contribution < -0.4 is 5.32 Å². The highest BCUT2D eigenvalue weighted by atomic mass is 32.2. The summed E-state index contributed by atoms with van der Waals surface area (Å²) in [6.45, 7) is 6.56. The van der Waals surface area contributed by atoms with Crippen molar-refractivity contribution >= 4 is 16.0 Å². The fourth-order valence-corrected chi connectivity index (χ4v) is 9.46. The van der Waals surface area contributed by atoms with Crippen LogP contribution in [0.15, 0.2) is 0 Å². The predicted octanol–water partition coefficient (Wildman–Crippen LogP) is 2.37. The molecular formula is C26H45NO7S. The van der Waals surface area contributed by atoms with Crippen LogP contribution >= 0.6 is 0 Å². The third kappa shape index (κ3) is 5.05. The lowest BCUT2D eigenvalue weighted by molar-refractivity contribution is -0.207. The number of hydrogen-bond donors (Lipinski definition) is 5. The highest BCUT2D eigenvalue weighted by Gasteiger charge is 2.65. The number of nitrogens with one attached hydrogen (secondary N) is 1. The fraction of sp³-hybridized carbons (Fsp3) is 0.962. The first-order valence-corrected chi connectivity index (χ1v) is 15.1. The van der Waals surface area contributed by atoms with Gasteiger partial charge in [0.15, 0.2) is 0 Å². The Bertz CT molecular complexity index is 896. The zero-order valence-corrected chi connectivity index (χ0v) is 22.2. The minimum Gasteiger partial charge on any atom is -0.393 e. The molecule has 0 radical (unpaired) electrons. The van der Waals surface area contributed by atoms with E-state index >= 15 is 0 Å². The second-order valence-corrected chi connectivity index (χ2v) is 14.2. The zero-order chi connectivity index (χ0) is 25.8. The smallest absolute Gasteiger partial charge is 0.266 e. The van der Waals surface area contributed by atoms with E-state index in [-0.39, 0.29) is 65.4 Å². The van der Waals surface area contributed by atoms with Crippen molar-refractivity contribution in [1.82, 2.24) is 5.32 Å².